The van der Waals surface area contributed by atoms with E-state index in [2.05, 4.69) is 26.0 Å². The van der Waals surface area contributed by atoms with Crippen LogP contribution in [0.3, 0.4) is 0 Å². The highest BCUT2D eigenvalue weighted by Crippen LogP contribution is 2.17. The van der Waals surface area contributed by atoms with E-state index in [1.807, 2.05) is 4.68 Å². The van der Waals surface area contributed by atoms with Crippen LogP contribution in [0.1, 0.15) is 22.3 Å². The number of nitrogens with zero attached hydrogens (tertiary/aromatic N) is 4. The molecule has 1 aliphatic heterocycles. The molecule has 0 bridgehead atoms. The zero-order chi connectivity index (χ0) is 26.2. The zero-order valence-corrected chi connectivity index (χ0v) is 20.1. The van der Waals surface area contributed by atoms with Crippen molar-refractivity contribution in [3.05, 3.63) is 65.9 Å². The summed E-state index contributed by atoms with van der Waals surface area (Å²) in [5.41, 5.74) is 1.84. The Morgan fingerprint density at radius 3 is 2.65 bits per heavy atom. The van der Waals surface area contributed by atoms with Crippen molar-refractivity contribution in [1.29, 1.82) is 0 Å². The van der Waals surface area contributed by atoms with Gasteiger partial charge < -0.3 is 26.2 Å². The summed E-state index contributed by atoms with van der Waals surface area (Å²) in [5, 5.41) is 33.4. The summed E-state index contributed by atoms with van der Waals surface area (Å²) < 4.78 is 1.86. The largest absolute Gasteiger partial charge is 0.480 e. The second-order valence-corrected chi connectivity index (χ2v) is 8.54. The van der Waals surface area contributed by atoms with Gasteiger partial charge in [-0.05, 0) is 30.2 Å². The maximum atomic E-state index is 12.8. The molecule has 0 fully saturated rings. The Labute approximate surface area is 213 Å². The van der Waals surface area contributed by atoms with Crippen LogP contribution in [0.5, 0.6) is 0 Å². The van der Waals surface area contributed by atoms with Gasteiger partial charge in [-0.15, -0.1) is 0 Å². The molecule has 1 aromatic heterocycles. The standard InChI is InChI=1S/C25H29N7O5/c33-22(29-15-21(23(34)35)31(25(36)37)16-17-5-2-1-3-6-17)18-7-8-20-19(13-18)14-30-32(20)12-4-9-26-24-27-10-11-28-24/h1-3,5-8,13-14,21H,4,9-12,15-16H2,(H,29,33)(H,34,35)(H,36,37)(H2,26,27,28). The lowest BCUT2D eigenvalue weighted by Gasteiger charge is -2.26. The lowest BCUT2D eigenvalue weighted by Crippen LogP contribution is -2.50. The van der Waals surface area contributed by atoms with E-state index in [1.54, 1.807) is 54.7 Å². The molecule has 37 heavy (non-hydrogen) atoms. The van der Waals surface area contributed by atoms with Crippen molar-refractivity contribution in [2.75, 3.05) is 26.2 Å². The fourth-order valence-corrected chi connectivity index (χ4v) is 4.07. The van der Waals surface area contributed by atoms with Gasteiger partial charge in [-0.2, -0.15) is 5.10 Å². The van der Waals surface area contributed by atoms with Crippen molar-refractivity contribution in [1.82, 2.24) is 30.6 Å². The van der Waals surface area contributed by atoms with E-state index in [4.69, 9.17) is 0 Å². The molecule has 0 saturated heterocycles. The third kappa shape index (κ3) is 6.54. The second-order valence-electron chi connectivity index (χ2n) is 8.54. The normalized spacial score (nSPS) is 13.5. The minimum atomic E-state index is -1.45. The van der Waals surface area contributed by atoms with Crippen LogP contribution < -0.4 is 16.0 Å². The fraction of sp³-hybridized carbons (Fsp3) is 0.320. The van der Waals surface area contributed by atoms with E-state index >= 15 is 0 Å². The van der Waals surface area contributed by atoms with E-state index in [0.29, 0.717) is 17.7 Å². The first-order valence-corrected chi connectivity index (χ1v) is 11.9. The number of carboxylic acid groups (broad SMARTS) is 2. The van der Waals surface area contributed by atoms with Crippen LogP contribution in [0, 0.1) is 0 Å². The minimum absolute atomic E-state index is 0.117. The van der Waals surface area contributed by atoms with Crippen LogP contribution >= 0.6 is 0 Å². The number of benzene rings is 2. The van der Waals surface area contributed by atoms with Gasteiger partial charge in [0.1, 0.15) is 0 Å². The summed E-state index contributed by atoms with van der Waals surface area (Å²) in [6.07, 6.45) is 1.12. The molecule has 0 spiro atoms. The molecule has 2 amide bonds. The quantitative estimate of drug-likeness (QED) is 0.243. The number of hydrogen-bond acceptors (Lipinski definition) is 7. The van der Waals surface area contributed by atoms with Gasteiger partial charge in [0.25, 0.3) is 5.91 Å². The molecule has 3 aromatic rings. The predicted octanol–water partition coefficient (Wildman–Crippen LogP) is 1.34. The van der Waals surface area contributed by atoms with Crippen LogP contribution in [0.15, 0.2) is 59.7 Å². The van der Waals surface area contributed by atoms with Gasteiger partial charge in [0.15, 0.2) is 12.0 Å². The number of nitrogens with one attached hydrogen (secondary N) is 3. The monoisotopic (exact) mass is 507 g/mol. The third-order valence-corrected chi connectivity index (χ3v) is 5.98. The number of guanidine groups is 1. The number of aryl methyl sites for hydroxylation is 1. The highest BCUT2D eigenvalue weighted by atomic mass is 16.4. The highest BCUT2D eigenvalue weighted by Gasteiger charge is 2.30. The van der Waals surface area contributed by atoms with Crippen molar-refractivity contribution >= 4 is 34.8 Å². The van der Waals surface area contributed by atoms with E-state index in [1.165, 1.54) is 0 Å². The zero-order valence-electron chi connectivity index (χ0n) is 20.1. The second kappa shape index (κ2) is 11.9. The molecule has 5 N–H and O–H groups in total. The number of carboxylic acids is 1. The Morgan fingerprint density at radius 2 is 1.95 bits per heavy atom. The lowest BCUT2D eigenvalue weighted by molar-refractivity contribution is -0.142. The molecule has 0 radical (unpaired) electrons. The molecule has 2 aromatic carbocycles. The predicted molar refractivity (Wildman–Crippen MR) is 136 cm³/mol. The number of carbonyl (C=O) groups is 3. The highest BCUT2D eigenvalue weighted by molar-refractivity contribution is 5.98. The topological polar surface area (TPSA) is 161 Å². The van der Waals surface area contributed by atoms with Gasteiger partial charge in [0.05, 0.1) is 24.8 Å². The Kier molecular flexibility index (Phi) is 8.18. The average Bonchev–Trinajstić information content (AvgIpc) is 3.56. The number of hydrogen-bond donors (Lipinski definition) is 5. The van der Waals surface area contributed by atoms with E-state index in [0.717, 1.165) is 47.8 Å². The summed E-state index contributed by atoms with van der Waals surface area (Å²) in [5.74, 6) is -1.03. The summed E-state index contributed by atoms with van der Waals surface area (Å²) >= 11 is 0. The number of fused-ring (bicyclic) bond motifs is 1. The summed E-state index contributed by atoms with van der Waals surface area (Å²) in [4.78, 5) is 41.5. The molecule has 4 rings (SSSR count). The van der Waals surface area contributed by atoms with Gasteiger partial charge in [-0.1, -0.05) is 30.3 Å². The molecular weight excluding hydrogens is 478 g/mol. The van der Waals surface area contributed by atoms with Gasteiger partial charge in [0.2, 0.25) is 0 Å². The molecule has 12 heteroatoms. The maximum absolute atomic E-state index is 12.8. The SMILES string of the molecule is O=C(NCC(C(=O)O)N(Cc1ccccc1)C(=O)O)c1ccc2c(cnn2CCCNC2=NCCN2)c1. The minimum Gasteiger partial charge on any atom is -0.480 e. The number of aliphatic carboxylic acids is 1. The van der Waals surface area contributed by atoms with Gasteiger partial charge in [-0.25, -0.2) is 9.59 Å². The van der Waals surface area contributed by atoms with E-state index < -0.39 is 24.0 Å². The number of amides is 2. The van der Waals surface area contributed by atoms with Crippen LogP contribution in [0.4, 0.5) is 4.79 Å². The first kappa shape index (κ1) is 25.5. The first-order chi connectivity index (χ1) is 17.9. The van der Waals surface area contributed by atoms with Crippen molar-refractivity contribution < 1.29 is 24.6 Å². The van der Waals surface area contributed by atoms with E-state index in [-0.39, 0.29) is 13.1 Å². The number of aromatic nitrogens is 2. The molecule has 0 saturated carbocycles. The Hall–Kier alpha value is -4.61. The van der Waals surface area contributed by atoms with Crippen LogP contribution in [-0.2, 0) is 17.9 Å². The molecule has 194 valence electrons. The maximum Gasteiger partial charge on any atom is 0.408 e. The Balaban J connectivity index is 1.36. The Morgan fingerprint density at radius 1 is 1.14 bits per heavy atom. The molecule has 12 nitrogen and oxygen atoms in total. The summed E-state index contributed by atoms with van der Waals surface area (Å²) in [6.45, 7) is 2.57. The smallest absolute Gasteiger partial charge is 0.408 e. The van der Waals surface area contributed by atoms with Crippen molar-refractivity contribution in [3.8, 4) is 0 Å². The number of rotatable bonds is 11. The molecule has 1 unspecified atom stereocenters. The van der Waals surface area contributed by atoms with Gasteiger partial charge in [0, 0.05) is 37.1 Å². The van der Waals surface area contributed by atoms with Gasteiger partial charge in [-0.3, -0.25) is 19.4 Å². The summed E-state index contributed by atoms with van der Waals surface area (Å²) in [7, 11) is 0. The Bertz CT molecular complexity index is 1290. The molecular formula is C25H29N7O5. The molecule has 0 aliphatic carbocycles. The van der Waals surface area contributed by atoms with E-state index in [9.17, 15) is 24.6 Å². The van der Waals surface area contributed by atoms with Crippen molar-refractivity contribution in [2.24, 2.45) is 4.99 Å². The molecule has 2 heterocycles. The molecule has 1 atom stereocenters. The van der Waals surface area contributed by atoms with Crippen LogP contribution in [-0.4, -0.2) is 81.0 Å². The van der Waals surface area contributed by atoms with Crippen molar-refractivity contribution in [2.45, 2.75) is 25.6 Å². The van der Waals surface area contributed by atoms with Crippen LogP contribution in [0.25, 0.3) is 10.9 Å². The van der Waals surface area contributed by atoms with Crippen LogP contribution in [0.2, 0.25) is 0 Å². The lowest BCUT2D eigenvalue weighted by atomic mass is 10.1. The van der Waals surface area contributed by atoms with Crippen molar-refractivity contribution in [3.63, 3.8) is 0 Å². The van der Waals surface area contributed by atoms with Gasteiger partial charge >= 0.3 is 12.1 Å². The fourth-order valence-electron chi connectivity index (χ4n) is 4.07. The number of aliphatic imine (C=N–C) groups is 1. The number of carbonyl (C=O) groups excluding carboxylic acids is 1. The molecule has 1 aliphatic rings. The average molecular weight is 508 g/mol. The first-order valence-electron chi connectivity index (χ1n) is 11.9. The third-order valence-electron chi connectivity index (χ3n) is 5.98. The summed E-state index contributed by atoms with van der Waals surface area (Å²) in [6, 6.07) is 12.3.